The lowest BCUT2D eigenvalue weighted by atomic mass is 10.3. The summed E-state index contributed by atoms with van der Waals surface area (Å²) in [5.41, 5.74) is 0. The second-order valence-corrected chi connectivity index (χ2v) is 5.78. The van der Waals surface area contributed by atoms with E-state index in [0.717, 1.165) is 0 Å². The number of aromatic hydroxyl groups is 1. The van der Waals surface area contributed by atoms with Crippen LogP contribution in [0.25, 0.3) is 0 Å². The minimum Gasteiger partial charge on any atom is -0.506 e. The fraction of sp³-hybridized carbons (Fsp3) is 0. The van der Waals surface area contributed by atoms with Crippen LogP contribution in [-0.4, -0.2) is 18.1 Å². The Kier molecular flexibility index (Phi) is 3.41. The molecular formula is C6H4I2O4S. The second kappa shape index (κ2) is 3.87. The van der Waals surface area contributed by atoms with Crippen LogP contribution >= 0.6 is 45.2 Å². The maximum Gasteiger partial charge on any atom is 0.299 e. The summed E-state index contributed by atoms with van der Waals surface area (Å²) in [4.78, 5) is -0.431. The Bertz CT molecular complexity index is 440. The smallest absolute Gasteiger partial charge is 0.299 e. The first kappa shape index (κ1) is 11.5. The van der Waals surface area contributed by atoms with E-state index in [2.05, 4.69) is 0 Å². The molecule has 0 unspecified atom stereocenters. The van der Waals surface area contributed by atoms with Gasteiger partial charge in [0.05, 0.1) is 3.57 Å². The monoisotopic (exact) mass is 426 g/mol. The normalized spacial score (nSPS) is 11.6. The van der Waals surface area contributed by atoms with Gasteiger partial charge in [-0.1, -0.05) is 0 Å². The molecule has 2 N–H and O–H groups in total. The summed E-state index contributed by atoms with van der Waals surface area (Å²) in [5, 5.41) is 9.20. The molecule has 0 radical (unpaired) electrons. The average molecular weight is 426 g/mol. The van der Waals surface area contributed by atoms with Gasteiger partial charge in [0, 0.05) is 3.57 Å². The fourth-order valence-corrected chi connectivity index (χ4v) is 3.36. The van der Waals surface area contributed by atoms with Crippen molar-refractivity contribution in [2.24, 2.45) is 0 Å². The maximum atomic E-state index is 10.8. The molecule has 0 fully saturated rings. The third kappa shape index (κ3) is 2.44. The zero-order valence-corrected chi connectivity index (χ0v) is 11.2. The largest absolute Gasteiger partial charge is 0.506 e. The van der Waals surface area contributed by atoms with Crippen molar-refractivity contribution in [3.63, 3.8) is 0 Å². The summed E-state index contributed by atoms with van der Waals surface area (Å²) in [6.07, 6.45) is 0. The predicted octanol–water partition coefficient (Wildman–Crippen LogP) is 1.85. The topological polar surface area (TPSA) is 74.6 Å². The molecule has 0 heterocycles. The van der Waals surface area contributed by atoms with Gasteiger partial charge >= 0.3 is 0 Å². The first-order valence-electron chi connectivity index (χ1n) is 2.98. The molecule has 0 aliphatic heterocycles. The standard InChI is InChI=1S/C6H4I2O4S/c7-3-1-2-4(9)6(5(3)8)13(10,11)12/h1-2,9H,(H,10,11,12). The van der Waals surface area contributed by atoms with E-state index in [9.17, 15) is 13.5 Å². The van der Waals surface area contributed by atoms with Crippen LogP contribution in [0.1, 0.15) is 0 Å². The third-order valence-electron chi connectivity index (χ3n) is 1.29. The van der Waals surface area contributed by atoms with Crippen LogP contribution in [0.3, 0.4) is 0 Å². The van der Waals surface area contributed by atoms with Gasteiger partial charge in [-0.05, 0) is 57.3 Å². The summed E-state index contributed by atoms with van der Waals surface area (Å²) >= 11 is 3.66. The van der Waals surface area contributed by atoms with Gasteiger partial charge in [0.2, 0.25) is 0 Å². The van der Waals surface area contributed by atoms with E-state index in [0.29, 0.717) is 7.14 Å². The number of halogens is 2. The predicted molar refractivity (Wildman–Crippen MR) is 63.4 cm³/mol. The highest BCUT2D eigenvalue weighted by Gasteiger charge is 2.20. The van der Waals surface area contributed by atoms with E-state index < -0.39 is 20.8 Å². The number of phenols is 1. The molecule has 13 heavy (non-hydrogen) atoms. The molecule has 0 aromatic heterocycles. The summed E-state index contributed by atoms with van der Waals surface area (Å²) in [6, 6.07) is 2.79. The highest BCUT2D eigenvalue weighted by Crippen LogP contribution is 2.30. The van der Waals surface area contributed by atoms with Crippen LogP contribution in [0.4, 0.5) is 0 Å². The minimum atomic E-state index is -4.35. The highest BCUT2D eigenvalue weighted by molar-refractivity contribution is 14.1. The quantitative estimate of drug-likeness (QED) is 0.532. The maximum absolute atomic E-state index is 10.8. The van der Waals surface area contributed by atoms with E-state index >= 15 is 0 Å². The summed E-state index contributed by atoms with van der Waals surface area (Å²) in [7, 11) is -4.35. The lowest BCUT2D eigenvalue weighted by molar-refractivity contribution is 0.441. The van der Waals surface area contributed by atoms with E-state index in [-0.39, 0.29) is 0 Å². The van der Waals surface area contributed by atoms with Crippen LogP contribution in [0.15, 0.2) is 17.0 Å². The van der Waals surface area contributed by atoms with Crippen molar-refractivity contribution in [2.45, 2.75) is 4.90 Å². The Hall–Kier alpha value is 0.390. The van der Waals surface area contributed by atoms with Crippen molar-refractivity contribution in [1.82, 2.24) is 0 Å². The molecule has 1 rings (SSSR count). The molecule has 0 bridgehead atoms. The van der Waals surface area contributed by atoms with Crippen molar-refractivity contribution in [2.75, 3.05) is 0 Å². The summed E-state index contributed by atoms with van der Waals surface area (Å²) in [5.74, 6) is -0.438. The van der Waals surface area contributed by atoms with Crippen LogP contribution in [-0.2, 0) is 10.1 Å². The molecule has 0 saturated heterocycles. The zero-order chi connectivity index (χ0) is 10.2. The van der Waals surface area contributed by atoms with E-state index in [1.165, 1.54) is 6.07 Å². The lowest BCUT2D eigenvalue weighted by Gasteiger charge is -2.04. The van der Waals surface area contributed by atoms with Crippen molar-refractivity contribution < 1.29 is 18.1 Å². The van der Waals surface area contributed by atoms with E-state index in [4.69, 9.17) is 4.55 Å². The highest BCUT2D eigenvalue weighted by atomic mass is 127. The first-order valence-corrected chi connectivity index (χ1v) is 6.58. The van der Waals surface area contributed by atoms with Gasteiger partial charge in [0.25, 0.3) is 10.1 Å². The molecular weight excluding hydrogens is 422 g/mol. The average Bonchev–Trinajstić information content (AvgIpc) is 1.95. The Labute approximate surface area is 102 Å². The van der Waals surface area contributed by atoms with Gasteiger partial charge in [0.1, 0.15) is 10.6 Å². The molecule has 7 heteroatoms. The molecule has 1 aromatic carbocycles. The summed E-state index contributed by atoms with van der Waals surface area (Å²) in [6.45, 7) is 0. The Balaban J connectivity index is 3.62. The minimum absolute atomic E-state index is 0.320. The van der Waals surface area contributed by atoms with Crippen molar-refractivity contribution in [3.8, 4) is 5.75 Å². The van der Waals surface area contributed by atoms with Crippen LogP contribution in [0, 0.1) is 7.14 Å². The Morgan fingerprint density at radius 2 is 1.77 bits per heavy atom. The van der Waals surface area contributed by atoms with E-state index in [1.54, 1.807) is 28.7 Å². The molecule has 0 saturated carbocycles. The molecule has 0 amide bonds. The van der Waals surface area contributed by atoms with Gasteiger partial charge < -0.3 is 5.11 Å². The zero-order valence-electron chi connectivity index (χ0n) is 6.03. The van der Waals surface area contributed by atoms with Gasteiger partial charge in [-0.2, -0.15) is 8.42 Å². The number of phenolic OH excluding ortho intramolecular Hbond substituents is 1. The van der Waals surface area contributed by atoms with Crippen LogP contribution < -0.4 is 0 Å². The molecule has 0 spiro atoms. The van der Waals surface area contributed by atoms with Gasteiger partial charge in [-0.3, -0.25) is 4.55 Å². The number of rotatable bonds is 1. The molecule has 4 nitrogen and oxygen atoms in total. The fourth-order valence-electron chi connectivity index (χ4n) is 0.767. The SMILES string of the molecule is O=S(=O)(O)c1c(O)ccc(I)c1I. The van der Waals surface area contributed by atoms with Gasteiger partial charge in [-0.25, -0.2) is 0 Å². The van der Waals surface area contributed by atoms with Crippen LogP contribution in [0.2, 0.25) is 0 Å². The molecule has 0 atom stereocenters. The van der Waals surface area contributed by atoms with Crippen molar-refractivity contribution >= 4 is 55.3 Å². The van der Waals surface area contributed by atoms with Gasteiger partial charge in [0.15, 0.2) is 0 Å². The Morgan fingerprint density at radius 3 is 2.15 bits per heavy atom. The summed E-state index contributed by atoms with van der Waals surface area (Å²) < 4.78 is 31.4. The molecule has 0 aliphatic carbocycles. The van der Waals surface area contributed by atoms with E-state index in [1.807, 2.05) is 22.6 Å². The second-order valence-electron chi connectivity index (χ2n) is 2.18. The van der Waals surface area contributed by atoms with Crippen LogP contribution in [0.5, 0.6) is 5.75 Å². The lowest BCUT2D eigenvalue weighted by Crippen LogP contribution is -2.02. The first-order chi connectivity index (χ1) is 5.84. The van der Waals surface area contributed by atoms with Gasteiger partial charge in [-0.15, -0.1) is 0 Å². The Morgan fingerprint density at radius 1 is 1.23 bits per heavy atom. The third-order valence-corrected chi connectivity index (χ3v) is 5.63. The number of hydrogen-bond acceptors (Lipinski definition) is 3. The molecule has 1 aromatic rings. The number of hydrogen-bond donors (Lipinski definition) is 2. The molecule has 0 aliphatic rings. The van der Waals surface area contributed by atoms with Crippen molar-refractivity contribution in [1.29, 1.82) is 0 Å². The van der Waals surface area contributed by atoms with Crippen molar-refractivity contribution in [3.05, 3.63) is 19.3 Å². The number of benzene rings is 1. The molecule has 72 valence electrons.